The van der Waals surface area contributed by atoms with E-state index in [1.54, 1.807) is 24.3 Å². The lowest BCUT2D eigenvalue weighted by Crippen LogP contribution is -2.46. The van der Waals surface area contributed by atoms with Gasteiger partial charge in [0, 0.05) is 12.3 Å². The van der Waals surface area contributed by atoms with Crippen LogP contribution in [0.1, 0.15) is 18.9 Å². The standard InChI is InChI=1S/C12H18N2O3S/c1-12(6-7-17-9-12)14-18(15,16)8-10-4-2-3-5-11(10)13/h2-5,14H,6-9,13H2,1H3. The molecule has 0 bridgehead atoms. The summed E-state index contributed by atoms with van der Waals surface area (Å²) in [6, 6.07) is 6.99. The van der Waals surface area contributed by atoms with Crippen molar-refractivity contribution in [3.8, 4) is 0 Å². The first-order chi connectivity index (χ1) is 8.40. The molecular formula is C12H18N2O3S. The van der Waals surface area contributed by atoms with Crippen LogP contribution in [0.15, 0.2) is 24.3 Å². The highest BCUT2D eigenvalue weighted by molar-refractivity contribution is 7.88. The normalized spacial score (nSPS) is 24.3. The summed E-state index contributed by atoms with van der Waals surface area (Å²) in [6.45, 7) is 2.86. The van der Waals surface area contributed by atoms with E-state index in [0.29, 0.717) is 30.9 Å². The number of nitrogen functional groups attached to an aromatic ring is 1. The van der Waals surface area contributed by atoms with E-state index in [1.807, 2.05) is 6.92 Å². The van der Waals surface area contributed by atoms with Crippen LogP contribution in [-0.2, 0) is 20.5 Å². The zero-order valence-electron chi connectivity index (χ0n) is 10.3. The zero-order chi connectivity index (χ0) is 13.2. The van der Waals surface area contributed by atoms with Crippen LogP contribution in [0.4, 0.5) is 5.69 Å². The summed E-state index contributed by atoms with van der Waals surface area (Å²) in [4.78, 5) is 0. The van der Waals surface area contributed by atoms with Gasteiger partial charge in [0.25, 0.3) is 0 Å². The molecule has 1 atom stereocenters. The number of hydrogen-bond donors (Lipinski definition) is 2. The molecule has 0 radical (unpaired) electrons. The Hall–Kier alpha value is -1.11. The fourth-order valence-electron chi connectivity index (χ4n) is 2.03. The average Bonchev–Trinajstić information content (AvgIpc) is 2.67. The maximum absolute atomic E-state index is 12.1. The van der Waals surface area contributed by atoms with E-state index < -0.39 is 15.6 Å². The number of para-hydroxylation sites is 1. The van der Waals surface area contributed by atoms with Crippen molar-refractivity contribution in [1.82, 2.24) is 4.72 Å². The van der Waals surface area contributed by atoms with E-state index >= 15 is 0 Å². The van der Waals surface area contributed by atoms with Gasteiger partial charge >= 0.3 is 0 Å². The Bertz CT molecular complexity index is 522. The monoisotopic (exact) mass is 270 g/mol. The molecule has 100 valence electrons. The Morgan fingerprint density at radius 1 is 1.44 bits per heavy atom. The van der Waals surface area contributed by atoms with Crippen molar-refractivity contribution in [2.45, 2.75) is 24.6 Å². The van der Waals surface area contributed by atoms with Gasteiger partial charge in [-0.15, -0.1) is 0 Å². The molecule has 1 unspecified atom stereocenters. The predicted octanol–water partition coefficient (Wildman–Crippen LogP) is 0.867. The summed E-state index contributed by atoms with van der Waals surface area (Å²) in [7, 11) is -3.41. The highest BCUT2D eigenvalue weighted by Crippen LogP contribution is 2.21. The number of rotatable bonds is 4. The second-order valence-corrected chi connectivity index (χ2v) is 6.65. The van der Waals surface area contributed by atoms with Crippen molar-refractivity contribution in [1.29, 1.82) is 0 Å². The average molecular weight is 270 g/mol. The van der Waals surface area contributed by atoms with Gasteiger partial charge in [0.2, 0.25) is 10.0 Å². The molecule has 6 heteroatoms. The summed E-state index contributed by atoms with van der Waals surface area (Å²) in [5.41, 5.74) is 6.37. The minimum atomic E-state index is -3.41. The minimum absolute atomic E-state index is 0.102. The van der Waals surface area contributed by atoms with Gasteiger partial charge in [-0.25, -0.2) is 13.1 Å². The van der Waals surface area contributed by atoms with Gasteiger partial charge in [0.1, 0.15) is 0 Å². The first-order valence-electron chi connectivity index (χ1n) is 5.83. The van der Waals surface area contributed by atoms with Gasteiger partial charge in [-0.2, -0.15) is 0 Å². The predicted molar refractivity (Wildman–Crippen MR) is 70.5 cm³/mol. The van der Waals surface area contributed by atoms with Crippen molar-refractivity contribution < 1.29 is 13.2 Å². The first-order valence-corrected chi connectivity index (χ1v) is 7.48. The van der Waals surface area contributed by atoms with Crippen LogP contribution in [0.3, 0.4) is 0 Å². The number of sulfonamides is 1. The number of benzene rings is 1. The zero-order valence-corrected chi connectivity index (χ0v) is 11.2. The van der Waals surface area contributed by atoms with Gasteiger partial charge < -0.3 is 10.5 Å². The largest absolute Gasteiger partial charge is 0.398 e. The third-order valence-electron chi connectivity index (χ3n) is 3.02. The van der Waals surface area contributed by atoms with Crippen LogP contribution in [-0.4, -0.2) is 27.2 Å². The highest BCUT2D eigenvalue weighted by atomic mass is 32.2. The molecule has 18 heavy (non-hydrogen) atoms. The number of ether oxygens (including phenoxy) is 1. The van der Waals surface area contributed by atoms with E-state index in [2.05, 4.69) is 4.72 Å². The molecule has 0 aliphatic carbocycles. The quantitative estimate of drug-likeness (QED) is 0.795. The molecule has 2 rings (SSSR count). The third kappa shape index (κ3) is 3.22. The lowest BCUT2D eigenvalue weighted by atomic mass is 10.0. The summed E-state index contributed by atoms with van der Waals surface area (Å²) >= 11 is 0. The molecule has 0 spiro atoms. The van der Waals surface area contributed by atoms with Crippen molar-refractivity contribution in [2.75, 3.05) is 18.9 Å². The van der Waals surface area contributed by atoms with E-state index in [-0.39, 0.29) is 5.75 Å². The van der Waals surface area contributed by atoms with Gasteiger partial charge in [-0.3, -0.25) is 0 Å². The van der Waals surface area contributed by atoms with Gasteiger partial charge in [0.05, 0.1) is 17.9 Å². The summed E-state index contributed by atoms with van der Waals surface area (Å²) in [6.07, 6.45) is 0.691. The van der Waals surface area contributed by atoms with Crippen LogP contribution in [0.2, 0.25) is 0 Å². The number of anilines is 1. The van der Waals surface area contributed by atoms with Crippen molar-refractivity contribution in [2.24, 2.45) is 0 Å². The summed E-state index contributed by atoms with van der Waals surface area (Å²) in [5, 5.41) is 0. The molecule has 0 amide bonds. The Kier molecular flexibility index (Phi) is 3.61. The van der Waals surface area contributed by atoms with E-state index in [0.717, 1.165) is 0 Å². The van der Waals surface area contributed by atoms with Crippen LogP contribution >= 0.6 is 0 Å². The van der Waals surface area contributed by atoms with Gasteiger partial charge in [-0.05, 0) is 25.0 Å². The van der Waals surface area contributed by atoms with Crippen LogP contribution in [0, 0.1) is 0 Å². The summed E-state index contributed by atoms with van der Waals surface area (Å²) < 4.78 is 32.1. The van der Waals surface area contributed by atoms with E-state index in [9.17, 15) is 8.42 Å². The molecular weight excluding hydrogens is 252 g/mol. The molecule has 1 fully saturated rings. The molecule has 1 aliphatic rings. The Morgan fingerprint density at radius 3 is 2.78 bits per heavy atom. The topological polar surface area (TPSA) is 81.4 Å². The Morgan fingerprint density at radius 2 is 2.17 bits per heavy atom. The third-order valence-corrected chi connectivity index (χ3v) is 4.52. The van der Waals surface area contributed by atoms with E-state index in [1.165, 1.54) is 0 Å². The molecule has 1 heterocycles. The molecule has 0 saturated carbocycles. The molecule has 5 nitrogen and oxygen atoms in total. The Balaban J connectivity index is 2.10. The maximum Gasteiger partial charge on any atom is 0.216 e. The lowest BCUT2D eigenvalue weighted by Gasteiger charge is -2.23. The number of nitrogens with one attached hydrogen (secondary N) is 1. The van der Waals surface area contributed by atoms with Gasteiger partial charge in [0.15, 0.2) is 0 Å². The van der Waals surface area contributed by atoms with Crippen LogP contribution in [0.25, 0.3) is 0 Å². The smallest absolute Gasteiger partial charge is 0.216 e. The highest BCUT2D eigenvalue weighted by Gasteiger charge is 2.33. The van der Waals surface area contributed by atoms with Crippen LogP contribution < -0.4 is 10.5 Å². The second kappa shape index (κ2) is 4.87. The molecule has 0 aromatic heterocycles. The fourth-order valence-corrected chi connectivity index (χ4v) is 3.69. The first kappa shape index (κ1) is 13.3. The van der Waals surface area contributed by atoms with E-state index in [4.69, 9.17) is 10.5 Å². The maximum atomic E-state index is 12.1. The number of hydrogen-bond acceptors (Lipinski definition) is 4. The van der Waals surface area contributed by atoms with Crippen molar-refractivity contribution in [3.63, 3.8) is 0 Å². The SMILES string of the molecule is CC1(NS(=O)(=O)Cc2ccccc2N)CCOC1. The lowest BCUT2D eigenvalue weighted by molar-refractivity contribution is 0.178. The second-order valence-electron chi connectivity index (χ2n) is 4.92. The molecule has 1 saturated heterocycles. The molecule has 1 aromatic rings. The number of nitrogens with two attached hydrogens (primary N) is 1. The molecule has 3 N–H and O–H groups in total. The molecule has 1 aliphatic heterocycles. The fraction of sp³-hybridized carbons (Fsp3) is 0.500. The van der Waals surface area contributed by atoms with Gasteiger partial charge in [-0.1, -0.05) is 18.2 Å². The van der Waals surface area contributed by atoms with Crippen LogP contribution in [0.5, 0.6) is 0 Å². The van der Waals surface area contributed by atoms with Crippen molar-refractivity contribution >= 4 is 15.7 Å². The Labute approximate surface area is 107 Å². The summed E-state index contributed by atoms with van der Waals surface area (Å²) in [5.74, 6) is -0.102. The van der Waals surface area contributed by atoms with Crippen molar-refractivity contribution in [3.05, 3.63) is 29.8 Å². The molecule has 1 aromatic carbocycles. The minimum Gasteiger partial charge on any atom is -0.398 e.